The van der Waals surface area contributed by atoms with E-state index in [-0.39, 0.29) is 5.91 Å². The van der Waals surface area contributed by atoms with Crippen LogP contribution in [0.15, 0.2) is 28.7 Å². The highest BCUT2D eigenvalue weighted by Crippen LogP contribution is 2.23. The molecule has 0 radical (unpaired) electrons. The molecule has 2 N–H and O–H groups in total. The van der Waals surface area contributed by atoms with E-state index in [9.17, 15) is 9.90 Å². The molecule has 5 heteroatoms. The van der Waals surface area contributed by atoms with E-state index < -0.39 is 6.10 Å². The van der Waals surface area contributed by atoms with Crippen molar-refractivity contribution in [3.63, 3.8) is 0 Å². The van der Waals surface area contributed by atoms with Gasteiger partial charge >= 0.3 is 0 Å². The lowest BCUT2D eigenvalue weighted by Crippen LogP contribution is -2.32. The number of carbonyl (C=O) groups excluding carboxylic acids is 1. The highest BCUT2D eigenvalue weighted by atomic mass is 79.9. The SMILES string of the molecule is O=C1CCN(C[C@@H](O)c2ccccc2Br)CCN1. The van der Waals surface area contributed by atoms with Gasteiger partial charge in [0.1, 0.15) is 0 Å². The summed E-state index contributed by atoms with van der Waals surface area (Å²) < 4.78 is 0.918. The third-order valence-corrected chi connectivity index (χ3v) is 3.82. The fourth-order valence-corrected chi connectivity index (χ4v) is 2.63. The number of carbonyl (C=O) groups is 1. The molecule has 1 fully saturated rings. The molecule has 1 atom stereocenters. The molecule has 98 valence electrons. The van der Waals surface area contributed by atoms with E-state index in [1.807, 2.05) is 24.3 Å². The van der Waals surface area contributed by atoms with Gasteiger partial charge in [-0.25, -0.2) is 0 Å². The van der Waals surface area contributed by atoms with E-state index in [2.05, 4.69) is 26.1 Å². The third kappa shape index (κ3) is 3.54. The Balaban J connectivity index is 1.96. The van der Waals surface area contributed by atoms with Crippen LogP contribution in [0, 0.1) is 0 Å². The number of hydrogen-bond donors (Lipinski definition) is 2. The summed E-state index contributed by atoms with van der Waals surface area (Å²) in [5.41, 5.74) is 0.890. The largest absolute Gasteiger partial charge is 0.387 e. The van der Waals surface area contributed by atoms with Crippen LogP contribution in [0.3, 0.4) is 0 Å². The second-order valence-corrected chi connectivity index (χ2v) is 5.29. The Kier molecular flexibility index (Phi) is 4.74. The van der Waals surface area contributed by atoms with Gasteiger partial charge < -0.3 is 10.4 Å². The average molecular weight is 313 g/mol. The van der Waals surface area contributed by atoms with Crippen LogP contribution in [0.4, 0.5) is 0 Å². The number of nitrogens with one attached hydrogen (secondary N) is 1. The molecule has 0 saturated carbocycles. The number of aliphatic hydroxyl groups excluding tert-OH is 1. The lowest BCUT2D eigenvalue weighted by molar-refractivity contribution is -0.120. The number of nitrogens with zero attached hydrogens (tertiary/aromatic N) is 1. The van der Waals surface area contributed by atoms with Crippen LogP contribution in [0.1, 0.15) is 18.1 Å². The Bertz CT molecular complexity index is 425. The first-order chi connectivity index (χ1) is 8.66. The zero-order valence-electron chi connectivity index (χ0n) is 10.1. The molecule has 1 heterocycles. The first-order valence-electron chi connectivity index (χ1n) is 6.08. The van der Waals surface area contributed by atoms with E-state index >= 15 is 0 Å². The molecular formula is C13H17BrN2O2. The molecule has 1 saturated heterocycles. The van der Waals surface area contributed by atoms with Crippen molar-refractivity contribution in [2.24, 2.45) is 0 Å². The second kappa shape index (κ2) is 6.31. The van der Waals surface area contributed by atoms with E-state index in [0.29, 0.717) is 26.1 Å². The summed E-state index contributed by atoms with van der Waals surface area (Å²) in [6, 6.07) is 7.67. The van der Waals surface area contributed by atoms with Crippen LogP contribution in [0.25, 0.3) is 0 Å². The molecule has 1 aliphatic rings. The van der Waals surface area contributed by atoms with Crippen molar-refractivity contribution < 1.29 is 9.90 Å². The molecule has 1 aromatic rings. The van der Waals surface area contributed by atoms with Gasteiger partial charge in [0.05, 0.1) is 6.10 Å². The van der Waals surface area contributed by atoms with Crippen molar-refractivity contribution in [2.75, 3.05) is 26.2 Å². The molecule has 18 heavy (non-hydrogen) atoms. The predicted molar refractivity (Wildman–Crippen MR) is 73.2 cm³/mol. The summed E-state index contributed by atoms with van der Waals surface area (Å²) in [7, 11) is 0. The number of hydrogen-bond acceptors (Lipinski definition) is 3. The number of halogens is 1. The Morgan fingerprint density at radius 3 is 2.94 bits per heavy atom. The maximum atomic E-state index is 11.2. The smallest absolute Gasteiger partial charge is 0.221 e. The minimum absolute atomic E-state index is 0.0906. The Morgan fingerprint density at radius 2 is 2.17 bits per heavy atom. The molecule has 1 aliphatic heterocycles. The van der Waals surface area contributed by atoms with Crippen molar-refractivity contribution >= 4 is 21.8 Å². The van der Waals surface area contributed by atoms with E-state index in [1.165, 1.54) is 0 Å². The van der Waals surface area contributed by atoms with Gasteiger partial charge in [-0.05, 0) is 11.6 Å². The van der Waals surface area contributed by atoms with Gasteiger partial charge in [-0.15, -0.1) is 0 Å². The lowest BCUT2D eigenvalue weighted by atomic mass is 10.1. The summed E-state index contributed by atoms with van der Waals surface area (Å²) in [5.74, 6) is 0.0906. The fraction of sp³-hybridized carbons (Fsp3) is 0.462. The van der Waals surface area contributed by atoms with Gasteiger partial charge in [-0.1, -0.05) is 34.1 Å². The van der Waals surface area contributed by atoms with E-state index in [0.717, 1.165) is 16.6 Å². The minimum Gasteiger partial charge on any atom is -0.387 e. The van der Waals surface area contributed by atoms with Crippen LogP contribution in [-0.4, -0.2) is 42.1 Å². The van der Waals surface area contributed by atoms with Crippen LogP contribution in [0.5, 0.6) is 0 Å². The zero-order chi connectivity index (χ0) is 13.0. The first kappa shape index (κ1) is 13.5. The highest BCUT2D eigenvalue weighted by Gasteiger charge is 2.18. The van der Waals surface area contributed by atoms with Crippen molar-refractivity contribution in [1.29, 1.82) is 0 Å². The number of benzene rings is 1. The maximum Gasteiger partial charge on any atom is 0.221 e. The molecule has 4 nitrogen and oxygen atoms in total. The average Bonchev–Trinajstić information content (AvgIpc) is 2.55. The van der Waals surface area contributed by atoms with Crippen LogP contribution >= 0.6 is 15.9 Å². The Hall–Kier alpha value is -0.910. The molecule has 2 rings (SSSR count). The monoisotopic (exact) mass is 312 g/mol. The van der Waals surface area contributed by atoms with Crippen LogP contribution < -0.4 is 5.32 Å². The highest BCUT2D eigenvalue weighted by molar-refractivity contribution is 9.10. The van der Waals surface area contributed by atoms with Gasteiger partial charge in [-0.3, -0.25) is 9.69 Å². The van der Waals surface area contributed by atoms with E-state index in [1.54, 1.807) is 0 Å². The molecule has 0 aliphatic carbocycles. The normalized spacial score (nSPS) is 19.1. The summed E-state index contributed by atoms with van der Waals surface area (Å²) in [6.45, 7) is 2.69. The first-order valence-corrected chi connectivity index (χ1v) is 6.87. The maximum absolute atomic E-state index is 11.2. The van der Waals surface area contributed by atoms with Crippen molar-refractivity contribution in [2.45, 2.75) is 12.5 Å². The number of amides is 1. The van der Waals surface area contributed by atoms with Gasteiger partial charge in [0.15, 0.2) is 0 Å². The Morgan fingerprint density at radius 1 is 1.39 bits per heavy atom. The fourth-order valence-electron chi connectivity index (χ4n) is 2.08. The summed E-state index contributed by atoms with van der Waals surface area (Å²) in [6.07, 6.45) is -0.0309. The van der Waals surface area contributed by atoms with Crippen molar-refractivity contribution in [3.05, 3.63) is 34.3 Å². The van der Waals surface area contributed by atoms with E-state index in [4.69, 9.17) is 0 Å². The molecule has 1 aromatic carbocycles. The number of β-amino-alcohol motifs (C(OH)–C–C–N with tert-alkyl or cyclic N) is 1. The second-order valence-electron chi connectivity index (χ2n) is 4.44. The molecule has 0 bridgehead atoms. The number of rotatable bonds is 3. The summed E-state index contributed by atoms with van der Waals surface area (Å²) in [4.78, 5) is 13.3. The van der Waals surface area contributed by atoms with Gasteiger partial charge in [-0.2, -0.15) is 0 Å². The van der Waals surface area contributed by atoms with Crippen LogP contribution in [-0.2, 0) is 4.79 Å². The van der Waals surface area contributed by atoms with Gasteiger partial charge in [0.2, 0.25) is 5.91 Å². The summed E-state index contributed by atoms with van der Waals surface area (Å²) >= 11 is 3.44. The lowest BCUT2D eigenvalue weighted by Gasteiger charge is -2.23. The molecule has 0 unspecified atom stereocenters. The molecule has 0 aromatic heterocycles. The minimum atomic E-state index is -0.534. The predicted octanol–water partition coefficient (Wildman–Crippen LogP) is 1.30. The van der Waals surface area contributed by atoms with Gasteiger partial charge in [0, 0.05) is 37.1 Å². The topological polar surface area (TPSA) is 52.6 Å². The van der Waals surface area contributed by atoms with Crippen LogP contribution in [0.2, 0.25) is 0 Å². The molecular weight excluding hydrogens is 296 g/mol. The summed E-state index contributed by atoms with van der Waals surface area (Å²) in [5, 5.41) is 13.1. The molecule has 0 spiro atoms. The van der Waals surface area contributed by atoms with Gasteiger partial charge in [0.25, 0.3) is 0 Å². The number of aliphatic hydroxyl groups is 1. The van der Waals surface area contributed by atoms with Crippen molar-refractivity contribution in [3.8, 4) is 0 Å². The standard InChI is InChI=1S/C13H17BrN2O2/c14-11-4-2-1-3-10(11)12(17)9-16-7-5-13(18)15-6-8-16/h1-4,12,17H,5-9H2,(H,15,18)/t12-/m1/s1. The third-order valence-electron chi connectivity index (χ3n) is 3.10. The van der Waals surface area contributed by atoms with Crippen molar-refractivity contribution in [1.82, 2.24) is 10.2 Å². The zero-order valence-corrected chi connectivity index (χ0v) is 11.7. The quantitative estimate of drug-likeness (QED) is 0.884. The Labute approximate surface area is 115 Å². The molecule has 1 amide bonds.